The molecule has 138 valence electrons. The molecule has 1 aliphatic rings. The smallest absolute Gasteiger partial charge is 0.228 e. The number of aromatic nitrogens is 2. The largest absolute Gasteiger partial charge is 0.328 e. The average Bonchev–Trinajstić information content (AvgIpc) is 2.82. The monoisotopic (exact) mass is 356 g/mol. The van der Waals surface area contributed by atoms with E-state index in [-0.39, 0.29) is 41.2 Å². The zero-order chi connectivity index (χ0) is 17.4. The van der Waals surface area contributed by atoms with Crippen LogP contribution in [-0.2, 0) is 15.7 Å². The zero-order valence-electron chi connectivity index (χ0n) is 15.8. The number of hydrogen-bond donors (Lipinski definition) is 2. The number of nitrogens with two attached hydrogens (primary N) is 1. The van der Waals surface area contributed by atoms with Crippen LogP contribution in [0.4, 0.5) is 5.82 Å². The molecule has 6 heteroatoms. The van der Waals surface area contributed by atoms with E-state index in [0.717, 1.165) is 37.2 Å². The predicted octanol–water partition coefficient (Wildman–Crippen LogP) is 3.81. The number of halogens is 1. The molecular weight excluding hydrogens is 324 g/mol. The van der Waals surface area contributed by atoms with Crippen LogP contribution in [0.25, 0.3) is 0 Å². The second-order valence-corrected chi connectivity index (χ2v) is 8.86. The van der Waals surface area contributed by atoms with Gasteiger partial charge in [-0.1, -0.05) is 27.2 Å². The quantitative estimate of drug-likeness (QED) is 0.846. The summed E-state index contributed by atoms with van der Waals surface area (Å²) in [6.45, 7) is 12.7. The summed E-state index contributed by atoms with van der Waals surface area (Å²) in [6.07, 6.45) is 3.76. The van der Waals surface area contributed by atoms with Crippen molar-refractivity contribution in [3.63, 3.8) is 0 Å². The number of carbonyl (C=O) groups is 1. The minimum absolute atomic E-state index is 0. The number of nitrogens with zero attached hydrogens (tertiary/aromatic N) is 2. The molecule has 2 rings (SSSR count). The van der Waals surface area contributed by atoms with Gasteiger partial charge in [-0.15, -0.1) is 12.4 Å². The molecule has 1 aromatic heterocycles. The molecule has 1 aliphatic carbocycles. The molecule has 2 unspecified atom stereocenters. The summed E-state index contributed by atoms with van der Waals surface area (Å²) in [5.41, 5.74) is 6.77. The molecule has 1 fully saturated rings. The van der Waals surface area contributed by atoms with Gasteiger partial charge in [0.05, 0.1) is 11.2 Å². The Morgan fingerprint density at radius 1 is 1.25 bits per heavy atom. The number of rotatable bonds is 2. The van der Waals surface area contributed by atoms with E-state index in [9.17, 15) is 4.79 Å². The normalized spacial score (nSPS) is 22.0. The van der Waals surface area contributed by atoms with Crippen molar-refractivity contribution in [2.24, 2.45) is 11.7 Å². The van der Waals surface area contributed by atoms with Gasteiger partial charge in [-0.3, -0.25) is 4.79 Å². The molecule has 24 heavy (non-hydrogen) atoms. The molecule has 0 radical (unpaired) electrons. The molecule has 1 saturated carbocycles. The van der Waals surface area contributed by atoms with Gasteiger partial charge >= 0.3 is 0 Å². The van der Waals surface area contributed by atoms with Crippen LogP contribution in [0.15, 0.2) is 6.07 Å². The molecule has 1 aromatic rings. The summed E-state index contributed by atoms with van der Waals surface area (Å²) >= 11 is 0. The fraction of sp³-hybridized carbons (Fsp3) is 0.778. The van der Waals surface area contributed by atoms with Gasteiger partial charge in [0.2, 0.25) is 5.91 Å². The second kappa shape index (κ2) is 7.44. The van der Waals surface area contributed by atoms with E-state index in [1.165, 1.54) is 0 Å². The molecule has 0 aromatic carbocycles. The van der Waals surface area contributed by atoms with Crippen LogP contribution in [0, 0.1) is 5.92 Å². The fourth-order valence-corrected chi connectivity index (χ4v) is 3.04. The first-order valence-corrected chi connectivity index (χ1v) is 8.66. The van der Waals surface area contributed by atoms with Crippen molar-refractivity contribution in [1.29, 1.82) is 0 Å². The highest BCUT2D eigenvalue weighted by molar-refractivity contribution is 5.92. The third kappa shape index (κ3) is 4.96. The lowest BCUT2D eigenvalue weighted by molar-refractivity contribution is -0.121. The van der Waals surface area contributed by atoms with E-state index < -0.39 is 0 Å². The lowest BCUT2D eigenvalue weighted by Crippen LogP contribution is -2.35. The van der Waals surface area contributed by atoms with Gasteiger partial charge < -0.3 is 11.1 Å². The molecule has 0 bridgehead atoms. The summed E-state index contributed by atoms with van der Waals surface area (Å²) < 4.78 is 1.92. The lowest BCUT2D eigenvalue weighted by Gasteiger charge is -2.27. The predicted molar refractivity (Wildman–Crippen MR) is 102 cm³/mol. The number of amides is 1. The van der Waals surface area contributed by atoms with Crippen LogP contribution >= 0.6 is 12.4 Å². The van der Waals surface area contributed by atoms with Gasteiger partial charge in [0, 0.05) is 23.4 Å². The van der Waals surface area contributed by atoms with Crippen molar-refractivity contribution in [2.45, 2.75) is 84.2 Å². The third-order valence-corrected chi connectivity index (χ3v) is 4.45. The summed E-state index contributed by atoms with van der Waals surface area (Å²) in [7, 11) is 0. The summed E-state index contributed by atoms with van der Waals surface area (Å²) in [5.74, 6) is 0.873. The molecule has 1 amide bonds. The lowest BCUT2D eigenvalue weighted by atomic mass is 9.85. The van der Waals surface area contributed by atoms with Gasteiger partial charge in [0.25, 0.3) is 0 Å². The van der Waals surface area contributed by atoms with Gasteiger partial charge in [0.1, 0.15) is 5.82 Å². The maximum atomic E-state index is 12.6. The highest BCUT2D eigenvalue weighted by Gasteiger charge is 2.29. The maximum absolute atomic E-state index is 12.6. The van der Waals surface area contributed by atoms with Crippen LogP contribution < -0.4 is 11.1 Å². The Morgan fingerprint density at radius 3 is 2.38 bits per heavy atom. The Labute approximate surface area is 152 Å². The first kappa shape index (κ1) is 21.0. The van der Waals surface area contributed by atoms with Crippen molar-refractivity contribution in [3.8, 4) is 0 Å². The number of anilines is 1. The third-order valence-electron chi connectivity index (χ3n) is 4.45. The Hall–Kier alpha value is -1.07. The van der Waals surface area contributed by atoms with E-state index >= 15 is 0 Å². The van der Waals surface area contributed by atoms with E-state index in [1.807, 2.05) is 10.7 Å². The molecule has 0 spiro atoms. The molecule has 2 atom stereocenters. The summed E-state index contributed by atoms with van der Waals surface area (Å²) in [5, 5.41) is 7.85. The van der Waals surface area contributed by atoms with Crippen molar-refractivity contribution < 1.29 is 4.79 Å². The van der Waals surface area contributed by atoms with Crippen molar-refractivity contribution in [3.05, 3.63) is 11.8 Å². The molecule has 1 heterocycles. The standard InChI is InChI=1S/C18H32N4O.ClH/c1-17(2,3)14-11-15(22(21-14)18(4,5)6)20-16(23)12-8-7-9-13(19)10-12;/h11-13H,7-10,19H2,1-6H3,(H,20,23);1H. The highest BCUT2D eigenvalue weighted by Crippen LogP contribution is 2.30. The van der Waals surface area contributed by atoms with E-state index in [4.69, 9.17) is 10.8 Å². The van der Waals surface area contributed by atoms with Gasteiger partial charge in [0.15, 0.2) is 0 Å². The number of hydrogen-bond acceptors (Lipinski definition) is 3. The summed E-state index contributed by atoms with van der Waals surface area (Å²) in [6, 6.07) is 2.16. The highest BCUT2D eigenvalue weighted by atomic mass is 35.5. The van der Waals surface area contributed by atoms with Crippen LogP contribution in [0.5, 0.6) is 0 Å². The average molecular weight is 357 g/mol. The maximum Gasteiger partial charge on any atom is 0.228 e. The van der Waals surface area contributed by atoms with Crippen LogP contribution in [0.3, 0.4) is 0 Å². The van der Waals surface area contributed by atoms with Crippen LogP contribution in [0.2, 0.25) is 0 Å². The van der Waals surface area contributed by atoms with Gasteiger partial charge in [-0.2, -0.15) is 5.10 Å². The minimum atomic E-state index is -0.185. The van der Waals surface area contributed by atoms with Crippen molar-refractivity contribution >= 4 is 24.1 Å². The Kier molecular flexibility index (Phi) is 6.50. The fourth-order valence-electron chi connectivity index (χ4n) is 3.04. The molecular formula is C18H33ClN4O. The van der Waals surface area contributed by atoms with Crippen LogP contribution in [-0.4, -0.2) is 21.7 Å². The Balaban J connectivity index is 0.00000288. The second-order valence-electron chi connectivity index (χ2n) is 8.86. The zero-order valence-corrected chi connectivity index (χ0v) is 16.7. The first-order chi connectivity index (χ1) is 10.5. The van der Waals surface area contributed by atoms with E-state index in [1.54, 1.807) is 0 Å². The Bertz CT molecular complexity index is 569. The number of nitrogens with one attached hydrogen (secondary N) is 1. The molecule has 0 saturated heterocycles. The van der Waals surface area contributed by atoms with Gasteiger partial charge in [-0.25, -0.2) is 4.68 Å². The van der Waals surface area contributed by atoms with Crippen molar-refractivity contribution in [1.82, 2.24) is 9.78 Å². The first-order valence-electron chi connectivity index (χ1n) is 8.66. The van der Waals surface area contributed by atoms with E-state index in [2.05, 4.69) is 46.9 Å². The SMILES string of the molecule is CC(C)(C)c1cc(NC(=O)C2CCCC(N)C2)n(C(C)(C)C)n1.Cl. The summed E-state index contributed by atoms with van der Waals surface area (Å²) in [4.78, 5) is 12.6. The molecule has 0 aliphatic heterocycles. The topological polar surface area (TPSA) is 72.9 Å². The minimum Gasteiger partial charge on any atom is -0.328 e. The van der Waals surface area contributed by atoms with E-state index in [0.29, 0.717) is 0 Å². The van der Waals surface area contributed by atoms with Gasteiger partial charge in [-0.05, 0) is 40.0 Å². The Morgan fingerprint density at radius 2 is 1.88 bits per heavy atom. The molecule has 5 nitrogen and oxygen atoms in total. The van der Waals surface area contributed by atoms with Crippen LogP contribution in [0.1, 0.15) is 72.9 Å². The number of carbonyl (C=O) groups excluding carboxylic acids is 1. The molecule has 3 N–H and O–H groups in total. The van der Waals surface area contributed by atoms with Crippen molar-refractivity contribution in [2.75, 3.05) is 5.32 Å².